The summed E-state index contributed by atoms with van der Waals surface area (Å²) >= 11 is 1.27. The predicted octanol–water partition coefficient (Wildman–Crippen LogP) is 3.77. The summed E-state index contributed by atoms with van der Waals surface area (Å²) in [7, 11) is 0. The minimum atomic E-state index is -0.282. The summed E-state index contributed by atoms with van der Waals surface area (Å²) in [4.78, 5) is 12.4. The van der Waals surface area contributed by atoms with Crippen LogP contribution in [0.4, 0.5) is 5.13 Å². The van der Waals surface area contributed by atoms with Crippen LogP contribution in [0.25, 0.3) is 0 Å². The van der Waals surface area contributed by atoms with E-state index in [9.17, 15) is 4.79 Å². The summed E-state index contributed by atoms with van der Waals surface area (Å²) in [6.45, 7) is 2.66. The van der Waals surface area contributed by atoms with Gasteiger partial charge in [-0.1, -0.05) is 41.7 Å². The molecule has 0 aliphatic heterocycles. The fourth-order valence-electron chi connectivity index (χ4n) is 2.12. The maximum absolute atomic E-state index is 12.4. The van der Waals surface area contributed by atoms with Gasteiger partial charge in [0.1, 0.15) is 18.1 Å². The Labute approximate surface area is 149 Å². The number of carbonyl (C=O) groups excluding carboxylic acids is 1. The summed E-state index contributed by atoms with van der Waals surface area (Å²) in [6, 6.07) is 16.5. The Morgan fingerprint density at radius 1 is 1.04 bits per heavy atom. The maximum atomic E-state index is 12.4. The smallest absolute Gasteiger partial charge is 0.261 e. The molecule has 0 unspecified atom stereocenters. The Morgan fingerprint density at radius 3 is 2.60 bits per heavy atom. The minimum absolute atomic E-state index is 0.282. The van der Waals surface area contributed by atoms with Gasteiger partial charge >= 0.3 is 0 Å². The van der Waals surface area contributed by atoms with Crippen LogP contribution in [0.5, 0.6) is 11.5 Å². The average molecular weight is 355 g/mol. The molecular formula is C18H17N3O3S. The van der Waals surface area contributed by atoms with Crippen molar-refractivity contribution in [3.05, 3.63) is 65.2 Å². The number of carbonyl (C=O) groups is 1. The Balaban J connectivity index is 1.62. The molecule has 0 saturated carbocycles. The van der Waals surface area contributed by atoms with Gasteiger partial charge in [-0.05, 0) is 31.2 Å². The van der Waals surface area contributed by atoms with E-state index < -0.39 is 0 Å². The number of amides is 1. The Hall–Kier alpha value is -2.93. The van der Waals surface area contributed by atoms with Crippen molar-refractivity contribution in [2.45, 2.75) is 13.5 Å². The summed E-state index contributed by atoms with van der Waals surface area (Å²) in [5, 5.41) is 11.9. The number of ether oxygens (including phenoxy) is 2. The molecule has 0 fully saturated rings. The van der Waals surface area contributed by atoms with Gasteiger partial charge in [0, 0.05) is 0 Å². The molecule has 0 aliphatic carbocycles. The molecule has 1 heterocycles. The van der Waals surface area contributed by atoms with Crippen molar-refractivity contribution >= 4 is 22.4 Å². The molecule has 0 aliphatic rings. The van der Waals surface area contributed by atoms with Crippen LogP contribution in [-0.2, 0) is 6.61 Å². The van der Waals surface area contributed by atoms with Crippen molar-refractivity contribution in [2.75, 3.05) is 11.9 Å². The Morgan fingerprint density at radius 2 is 1.80 bits per heavy atom. The van der Waals surface area contributed by atoms with E-state index in [1.54, 1.807) is 18.2 Å². The van der Waals surface area contributed by atoms with E-state index in [0.29, 0.717) is 34.7 Å². The molecule has 0 spiro atoms. The van der Waals surface area contributed by atoms with Crippen molar-refractivity contribution in [1.82, 2.24) is 10.2 Å². The van der Waals surface area contributed by atoms with Gasteiger partial charge in [-0.25, -0.2) is 0 Å². The first-order valence-corrected chi connectivity index (χ1v) is 8.61. The molecule has 128 valence electrons. The van der Waals surface area contributed by atoms with Crippen molar-refractivity contribution in [2.24, 2.45) is 0 Å². The monoisotopic (exact) mass is 355 g/mol. The molecule has 0 bridgehead atoms. The van der Waals surface area contributed by atoms with Crippen LogP contribution in [0.2, 0.25) is 0 Å². The van der Waals surface area contributed by atoms with E-state index in [2.05, 4.69) is 15.5 Å². The lowest BCUT2D eigenvalue weighted by molar-refractivity contribution is 0.102. The van der Waals surface area contributed by atoms with E-state index in [1.807, 2.05) is 43.3 Å². The van der Waals surface area contributed by atoms with E-state index in [0.717, 1.165) is 5.75 Å². The third kappa shape index (κ3) is 4.54. The topological polar surface area (TPSA) is 73.3 Å². The second kappa shape index (κ2) is 8.25. The van der Waals surface area contributed by atoms with Crippen LogP contribution in [0.15, 0.2) is 54.6 Å². The first-order chi connectivity index (χ1) is 12.3. The zero-order chi connectivity index (χ0) is 17.5. The third-order valence-corrected chi connectivity index (χ3v) is 4.04. The fraction of sp³-hybridized carbons (Fsp3) is 0.167. The van der Waals surface area contributed by atoms with Gasteiger partial charge in [-0.15, -0.1) is 10.2 Å². The molecule has 1 N–H and O–H groups in total. The van der Waals surface area contributed by atoms with Crippen LogP contribution < -0.4 is 14.8 Å². The molecule has 3 aromatic rings. The standard InChI is InChI=1S/C18H17N3O3S/c1-2-23-15-11-7-6-10-14(15)17(22)19-18-21-20-16(25-18)12-24-13-8-4-3-5-9-13/h3-11H,2,12H2,1H3,(H,19,21,22). The van der Waals surface area contributed by atoms with Crippen LogP contribution >= 0.6 is 11.3 Å². The maximum Gasteiger partial charge on any atom is 0.261 e. The minimum Gasteiger partial charge on any atom is -0.493 e. The van der Waals surface area contributed by atoms with Crippen LogP contribution in [-0.4, -0.2) is 22.7 Å². The van der Waals surface area contributed by atoms with Gasteiger partial charge in [-0.3, -0.25) is 10.1 Å². The Kier molecular flexibility index (Phi) is 5.58. The van der Waals surface area contributed by atoms with Crippen molar-refractivity contribution in [1.29, 1.82) is 0 Å². The number of nitrogens with one attached hydrogen (secondary N) is 1. The van der Waals surface area contributed by atoms with Crippen molar-refractivity contribution in [3.8, 4) is 11.5 Å². The molecule has 3 rings (SSSR count). The largest absolute Gasteiger partial charge is 0.493 e. The summed E-state index contributed by atoms with van der Waals surface area (Å²) < 4.78 is 11.1. The molecule has 1 amide bonds. The number of rotatable bonds is 7. The van der Waals surface area contributed by atoms with Gasteiger partial charge in [0.15, 0.2) is 5.01 Å². The quantitative estimate of drug-likeness (QED) is 0.698. The highest BCUT2D eigenvalue weighted by molar-refractivity contribution is 7.15. The van der Waals surface area contributed by atoms with Gasteiger partial charge in [0.05, 0.1) is 12.2 Å². The van der Waals surface area contributed by atoms with Crippen LogP contribution in [0.1, 0.15) is 22.3 Å². The van der Waals surface area contributed by atoms with Crippen molar-refractivity contribution in [3.63, 3.8) is 0 Å². The van der Waals surface area contributed by atoms with E-state index >= 15 is 0 Å². The molecule has 0 atom stereocenters. The van der Waals surface area contributed by atoms with E-state index in [1.165, 1.54) is 11.3 Å². The molecule has 6 nitrogen and oxygen atoms in total. The lowest BCUT2D eigenvalue weighted by Gasteiger charge is -2.08. The highest BCUT2D eigenvalue weighted by Crippen LogP contribution is 2.22. The molecular weight excluding hydrogens is 338 g/mol. The van der Waals surface area contributed by atoms with Crippen LogP contribution in [0, 0.1) is 0 Å². The van der Waals surface area contributed by atoms with Gasteiger partial charge in [0.25, 0.3) is 5.91 Å². The molecule has 25 heavy (non-hydrogen) atoms. The SMILES string of the molecule is CCOc1ccccc1C(=O)Nc1nnc(COc2ccccc2)s1. The zero-order valence-corrected chi connectivity index (χ0v) is 14.5. The normalized spacial score (nSPS) is 10.3. The Bertz CT molecular complexity index is 836. The average Bonchev–Trinajstić information content (AvgIpc) is 3.09. The van der Waals surface area contributed by atoms with E-state index in [-0.39, 0.29) is 5.91 Å². The molecule has 7 heteroatoms. The fourth-order valence-corrected chi connectivity index (χ4v) is 2.77. The molecule has 0 radical (unpaired) electrons. The number of aromatic nitrogens is 2. The highest BCUT2D eigenvalue weighted by Gasteiger charge is 2.14. The summed E-state index contributed by atoms with van der Waals surface area (Å²) in [5.74, 6) is 1.02. The van der Waals surface area contributed by atoms with Crippen LogP contribution in [0.3, 0.4) is 0 Å². The molecule has 1 aromatic heterocycles. The number of para-hydroxylation sites is 2. The first kappa shape index (κ1) is 16.9. The van der Waals surface area contributed by atoms with E-state index in [4.69, 9.17) is 9.47 Å². The summed E-state index contributed by atoms with van der Waals surface area (Å²) in [5.41, 5.74) is 0.460. The van der Waals surface area contributed by atoms with Gasteiger partial charge in [-0.2, -0.15) is 0 Å². The highest BCUT2D eigenvalue weighted by atomic mass is 32.1. The van der Waals surface area contributed by atoms with Crippen molar-refractivity contribution < 1.29 is 14.3 Å². The zero-order valence-electron chi connectivity index (χ0n) is 13.6. The lowest BCUT2D eigenvalue weighted by atomic mass is 10.2. The second-order valence-corrected chi connectivity index (χ2v) is 6.05. The number of anilines is 1. The first-order valence-electron chi connectivity index (χ1n) is 7.79. The number of nitrogens with zero attached hydrogens (tertiary/aromatic N) is 2. The number of hydrogen-bond acceptors (Lipinski definition) is 6. The second-order valence-electron chi connectivity index (χ2n) is 4.99. The lowest BCUT2D eigenvalue weighted by Crippen LogP contribution is -2.13. The third-order valence-electron chi connectivity index (χ3n) is 3.22. The number of hydrogen-bond donors (Lipinski definition) is 1. The van der Waals surface area contributed by atoms with Gasteiger partial charge in [0.2, 0.25) is 5.13 Å². The predicted molar refractivity (Wildman–Crippen MR) is 96.2 cm³/mol. The molecule has 0 saturated heterocycles. The summed E-state index contributed by atoms with van der Waals surface area (Å²) in [6.07, 6.45) is 0. The number of benzene rings is 2. The van der Waals surface area contributed by atoms with Gasteiger partial charge < -0.3 is 9.47 Å². The molecule has 2 aromatic carbocycles.